The number of rotatable bonds is 2. The molecule has 4 aliphatic rings. The maximum atomic E-state index is 15.8. The Morgan fingerprint density at radius 1 is 0.612 bits per heavy atom. The molecule has 0 fully saturated rings. The van der Waals surface area contributed by atoms with E-state index in [0.29, 0.717) is 5.03 Å². The highest BCUT2D eigenvalue weighted by atomic mass is 32.2. The van der Waals surface area contributed by atoms with E-state index in [-0.39, 0.29) is 0 Å². The summed E-state index contributed by atoms with van der Waals surface area (Å²) in [6, 6.07) is 49.9. The maximum absolute atomic E-state index is 15.8. The number of aromatic nitrogens is 1. The van der Waals surface area contributed by atoms with E-state index in [1.54, 1.807) is 0 Å². The first-order chi connectivity index (χ1) is 24.2. The van der Waals surface area contributed by atoms with Crippen LogP contribution in [0.15, 0.2) is 178 Å². The normalized spacial score (nSPS) is 19.3. The number of fused-ring (bicyclic) bond motifs is 14. The molecule has 3 aliphatic carbocycles. The van der Waals surface area contributed by atoms with Crippen molar-refractivity contribution in [2.24, 2.45) is 4.36 Å². The second-order valence-corrected chi connectivity index (χ2v) is 15.5. The van der Waals surface area contributed by atoms with Gasteiger partial charge in [-0.2, -0.15) is 4.36 Å². The number of hydrogen-bond acceptors (Lipinski definition) is 2. The summed E-state index contributed by atoms with van der Waals surface area (Å²) >= 11 is 0. The number of benzene rings is 6. The van der Waals surface area contributed by atoms with Gasteiger partial charge in [0.1, 0.15) is 14.8 Å². The van der Waals surface area contributed by atoms with Gasteiger partial charge in [0.05, 0.1) is 27.0 Å². The van der Waals surface area contributed by atoms with Crippen LogP contribution in [0.2, 0.25) is 0 Å². The van der Waals surface area contributed by atoms with Crippen LogP contribution in [0.3, 0.4) is 0 Å². The summed E-state index contributed by atoms with van der Waals surface area (Å²) in [4.78, 5) is 0.733. The van der Waals surface area contributed by atoms with Gasteiger partial charge in [0.15, 0.2) is 0 Å². The molecule has 1 aliphatic heterocycles. The molecule has 1 aromatic heterocycles. The summed E-state index contributed by atoms with van der Waals surface area (Å²) in [6.45, 7) is 0. The molecule has 0 amide bonds. The minimum absolute atomic E-state index is 0.470. The molecule has 0 radical (unpaired) electrons. The Labute approximate surface area is 285 Å². The van der Waals surface area contributed by atoms with Crippen molar-refractivity contribution in [2.75, 3.05) is 0 Å². The van der Waals surface area contributed by atoms with E-state index in [0.717, 1.165) is 50.8 Å². The van der Waals surface area contributed by atoms with Crippen LogP contribution in [0.4, 0.5) is 0 Å². The van der Waals surface area contributed by atoms with E-state index < -0.39 is 15.1 Å². The molecule has 6 aromatic carbocycles. The summed E-state index contributed by atoms with van der Waals surface area (Å²) in [7, 11) is -3.05. The minimum Gasteiger partial charge on any atom is -0.300 e. The van der Waals surface area contributed by atoms with Crippen molar-refractivity contribution < 1.29 is 4.21 Å². The molecule has 1 atom stereocenters. The van der Waals surface area contributed by atoms with Gasteiger partial charge >= 0.3 is 0 Å². The molecule has 11 rings (SSSR count). The van der Waals surface area contributed by atoms with Crippen molar-refractivity contribution in [3.8, 4) is 22.3 Å². The van der Waals surface area contributed by atoms with E-state index in [4.69, 9.17) is 4.36 Å². The van der Waals surface area contributed by atoms with Gasteiger partial charge in [-0.25, -0.2) is 4.21 Å². The molecule has 232 valence electrons. The fourth-order valence-corrected chi connectivity index (χ4v) is 11.3. The van der Waals surface area contributed by atoms with Crippen molar-refractivity contribution in [1.29, 1.82) is 0 Å². The molecule has 2 heterocycles. The summed E-state index contributed by atoms with van der Waals surface area (Å²) in [6.07, 6.45) is 8.21. The van der Waals surface area contributed by atoms with Crippen molar-refractivity contribution >= 4 is 36.6 Å². The Hall–Kier alpha value is -5.71. The van der Waals surface area contributed by atoms with Crippen molar-refractivity contribution in [3.63, 3.8) is 0 Å². The Kier molecular flexibility index (Phi) is 5.39. The predicted molar refractivity (Wildman–Crippen MR) is 201 cm³/mol. The molecule has 0 N–H and O–H groups in total. The first-order valence-electron chi connectivity index (χ1n) is 17.0. The van der Waals surface area contributed by atoms with Gasteiger partial charge < -0.3 is 0 Å². The number of nitrogens with zero attached hydrogens (tertiary/aromatic N) is 2. The van der Waals surface area contributed by atoms with E-state index in [1.807, 2.05) is 30.3 Å². The van der Waals surface area contributed by atoms with Crippen LogP contribution in [-0.4, -0.2) is 8.78 Å². The third-order valence-electron chi connectivity index (χ3n) is 11.1. The van der Waals surface area contributed by atoms with E-state index in [9.17, 15) is 0 Å². The topological polar surface area (TPSA) is 34.4 Å². The number of hydrogen-bond donors (Lipinski definition) is 0. The molecule has 7 aromatic rings. The third kappa shape index (κ3) is 3.34. The van der Waals surface area contributed by atoms with Crippen molar-refractivity contribution in [2.45, 2.75) is 23.2 Å². The molecular formula is C45H30N2OS. The number of allylic oxidation sites excluding steroid dienone is 5. The highest BCUT2D eigenvalue weighted by Crippen LogP contribution is 2.64. The van der Waals surface area contributed by atoms with Crippen LogP contribution in [-0.2, 0) is 15.1 Å². The molecule has 0 saturated carbocycles. The largest absolute Gasteiger partial charge is 0.300 e. The summed E-state index contributed by atoms with van der Waals surface area (Å²) in [5, 5.41) is 3.00. The van der Waals surface area contributed by atoms with Gasteiger partial charge in [0.25, 0.3) is 0 Å². The smallest absolute Gasteiger partial charge is 0.126 e. The Morgan fingerprint density at radius 3 is 2.00 bits per heavy atom. The van der Waals surface area contributed by atoms with E-state index in [1.165, 1.54) is 44.5 Å². The third-order valence-corrected chi connectivity index (χ3v) is 13.3. The summed E-state index contributed by atoms with van der Waals surface area (Å²) < 4.78 is 23.3. The van der Waals surface area contributed by atoms with Gasteiger partial charge in [-0.3, -0.25) is 4.57 Å². The van der Waals surface area contributed by atoms with Crippen molar-refractivity contribution in [1.82, 2.24) is 4.57 Å². The quantitative estimate of drug-likeness (QED) is 0.184. The fraction of sp³-hybridized carbons (Fsp3) is 0.0667. The zero-order valence-corrected chi connectivity index (χ0v) is 27.5. The van der Waals surface area contributed by atoms with Crippen LogP contribution in [0.25, 0.3) is 49.1 Å². The first-order valence-corrected chi connectivity index (χ1v) is 18.5. The Balaban J connectivity index is 1.33. The van der Waals surface area contributed by atoms with Gasteiger partial charge in [-0.15, -0.1) is 0 Å². The van der Waals surface area contributed by atoms with Gasteiger partial charge in [0.2, 0.25) is 0 Å². The molecule has 4 heteroatoms. The second kappa shape index (κ2) is 9.68. The average Bonchev–Trinajstić information content (AvgIpc) is 3.77. The lowest BCUT2D eigenvalue weighted by atomic mass is 9.70. The van der Waals surface area contributed by atoms with Crippen LogP contribution >= 0.6 is 0 Å². The standard InChI is InChI=1S/C45H30N2OS/c48-49(30-15-2-1-3-16-30)42(28-29-14-4-12-24-40(29)46-49)47-41-25-13-8-19-33(41)34-26-27-39-43(44(34)47)35-20-7-11-23-38(35)45(39)36-21-9-5-17-31(36)32-18-6-10-22-37(32)45/h1-11,13-23,25-28H,12,24H2. The monoisotopic (exact) mass is 646 g/mol. The van der Waals surface area contributed by atoms with Crippen LogP contribution < -0.4 is 0 Å². The van der Waals surface area contributed by atoms with Gasteiger partial charge in [0, 0.05) is 16.3 Å². The lowest BCUT2D eigenvalue weighted by Crippen LogP contribution is -2.25. The SMILES string of the molecule is O=S1(c2ccccc2)=NC2=C(C=CCC2)C=C1n1c2ccccc2c2ccc3c(c21)-c1ccccc1C31c2ccccc2-c2ccccc21. The van der Waals surface area contributed by atoms with Gasteiger partial charge in [-0.1, -0.05) is 133 Å². The predicted octanol–water partition coefficient (Wildman–Crippen LogP) is 11.1. The van der Waals surface area contributed by atoms with Gasteiger partial charge in [-0.05, 0) is 81.6 Å². The first kappa shape index (κ1) is 27.3. The molecule has 1 unspecified atom stereocenters. The van der Waals surface area contributed by atoms with Crippen LogP contribution in [0.1, 0.15) is 35.1 Å². The van der Waals surface area contributed by atoms with Crippen LogP contribution in [0, 0.1) is 0 Å². The molecule has 0 bridgehead atoms. The van der Waals surface area contributed by atoms with Crippen molar-refractivity contribution in [3.05, 3.63) is 191 Å². The average molecular weight is 647 g/mol. The zero-order chi connectivity index (χ0) is 32.3. The zero-order valence-electron chi connectivity index (χ0n) is 26.6. The lowest BCUT2D eigenvalue weighted by molar-refractivity contribution is 0.680. The van der Waals surface area contributed by atoms with E-state index in [2.05, 4.69) is 132 Å². The summed E-state index contributed by atoms with van der Waals surface area (Å²) in [5.74, 6) is 0. The van der Waals surface area contributed by atoms with Crippen LogP contribution in [0.5, 0.6) is 0 Å². The maximum Gasteiger partial charge on any atom is 0.126 e. The molecule has 49 heavy (non-hydrogen) atoms. The number of para-hydroxylation sites is 1. The second-order valence-electron chi connectivity index (χ2n) is 13.4. The highest BCUT2D eigenvalue weighted by Gasteiger charge is 2.52. The molecular weight excluding hydrogens is 617 g/mol. The lowest BCUT2D eigenvalue weighted by Gasteiger charge is -2.30. The summed E-state index contributed by atoms with van der Waals surface area (Å²) in [5.41, 5.74) is 13.8. The molecule has 3 nitrogen and oxygen atoms in total. The Bertz CT molecular complexity index is 2780. The fourth-order valence-electron chi connectivity index (χ4n) is 9.14. The molecule has 1 spiro atoms. The highest BCUT2D eigenvalue weighted by molar-refractivity contribution is 8.02. The minimum atomic E-state index is -3.05. The Morgan fingerprint density at radius 2 is 1.24 bits per heavy atom. The molecule has 0 saturated heterocycles. The van der Waals surface area contributed by atoms with E-state index >= 15 is 4.21 Å².